The van der Waals surface area contributed by atoms with Gasteiger partial charge in [-0.3, -0.25) is 14.0 Å². The van der Waals surface area contributed by atoms with Crippen LogP contribution in [0.25, 0.3) is 5.65 Å². The first-order chi connectivity index (χ1) is 11.7. The molecule has 0 spiro atoms. The van der Waals surface area contributed by atoms with Crippen LogP contribution in [0.1, 0.15) is 20.7 Å². The molecule has 0 fully saturated rings. The van der Waals surface area contributed by atoms with Gasteiger partial charge in [0.2, 0.25) is 0 Å². The third kappa shape index (κ3) is 2.63. The first-order valence-corrected chi connectivity index (χ1v) is 7.06. The van der Waals surface area contributed by atoms with E-state index in [2.05, 4.69) is 10.3 Å². The number of carbonyl (C=O) groups excluding carboxylic acids is 2. The minimum atomic E-state index is -0.539. The number of esters is 1. The maximum atomic E-state index is 12.4. The minimum absolute atomic E-state index is 0.0811. The lowest BCUT2D eigenvalue weighted by Gasteiger charge is -2.12. The summed E-state index contributed by atoms with van der Waals surface area (Å²) in [5.41, 5.74) is 0.421. The molecule has 0 aliphatic heterocycles. The van der Waals surface area contributed by atoms with Gasteiger partial charge in [0, 0.05) is 6.20 Å². The highest BCUT2D eigenvalue weighted by Gasteiger charge is 2.16. The zero-order chi connectivity index (χ0) is 17.1. The van der Waals surface area contributed by atoms with E-state index >= 15 is 0 Å². The molecular formula is C17H13N3O4. The quantitative estimate of drug-likeness (QED) is 0.584. The summed E-state index contributed by atoms with van der Waals surface area (Å²) >= 11 is 0. The molecule has 1 N–H and O–H groups in total. The molecule has 0 bridgehead atoms. The molecule has 7 nitrogen and oxygen atoms in total. The van der Waals surface area contributed by atoms with Crippen molar-refractivity contribution < 1.29 is 14.3 Å². The molecule has 0 radical (unpaired) electrons. The topological polar surface area (TPSA) is 89.8 Å². The fraction of sp³-hybridized carbons (Fsp3) is 0.0588. The molecule has 3 aromatic rings. The van der Waals surface area contributed by atoms with Gasteiger partial charge in [-0.2, -0.15) is 0 Å². The molecule has 120 valence electrons. The smallest absolute Gasteiger partial charge is 0.339 e. The van der Waals surface area contributed by atoms with Crippen molar-refractivity contribution in [3.8, 4) is 0 Å². The second-order valence-electron chi connectivity index (χ2n) is 4.89. The van der Waals surface area contributed by atoms with E-state index in [4.69, 9.17) is 4.74 Å². The lowest BCUT2D eigenvalue weighted by atomic mass is 10.1. The average molecular weight is 323 g/mol. The molecule has 2 aromatic heterocycles. The first kappa shape index (κ1) is 15.4. The molecule has 7 heteroatoms. The highest BCUT2D eigenvalue weighted by Crippen LogP contribution is 2.21. The number of benzene rings is 1. The number of aldehydes is 1. The van der Waals surface area contributed by atoms with Crippen LogP contribution in [0.5, 0.6) is 0 Å². The number of pyridine rings is 1. The number of anilines is 2. The highest BCUT2D eigenvalue weighted by molar-refractivity contribution is 5.97. The predicted octanol–water partition coefficient (Wildman–Crippen LogP) is 2.04. The van der Waals surface area contributed by atoms with Crippen LogP contribution in [0, 0.1) is 0 Å². The zero-order valence-corrected chi connectivity index (χ0v) is 12.7. The third-order valence-electron chi connectivity index (χ3n) is 3.47. The number of fused-ring (bicyclic) bond motifs is 1. The number of carbonyl (C=O) groups is 2. The van der Waals surface area contributed by atoms with Crippen molar-refractivity contribution in [3.63, 3.8) is 0 Å². The van der Waals surface area contributed by atoms with Gasteiger partial charge in [0.1, 0.15) is 17.0 Å². The van der Waals surface area contributed by atoms with E-state index in [1.54, 1.807) is 42.5 Å². The summed E-state index contributed by atoms with van der Waals surface area (Å²) in [4.78, 5) is 39.9. The molecule has 0 aliphatic carbocycles. The second kappa shape index (κ2) is 6.33. The summed E-state index contributed by atoms with van der Waals surface area (Å²) in [7, 11) is 1.27. The number of hydrogen-bond acceptors (Lipinski definition) is 6. The lowest BCUT2D eigenvalue weighted by Crippen LogP contribution is -2.21. The summed E-state index contributed by atoms with van der Waals surface area (Å²) in [5.74, 6) is -0.458. The van der Waals surface area contributed by atoms with Gasteiger partial charge in [0.15, 0.2) is 6.29 Å². The van der Waals surface area contributed by atoms with Crippen LogP contribution in [-0.4, -0.2) is 28.7 Å². The predicted molar refractivity (Wildman–Crippen MR) is 87.9 cm³/mol. The summed E-state index contributed by atoms with van der Waals surface area (Å²) < 4.78 is 6.01. The average Bonchev–Trinajstić information content (AvgIpc) is 2.62. The Balaban J connectivity index is 2.16. The maximum Gasteiger partial charge on any atom is 0.339 e. The molecule has 24 heavy (non-hydrogen) atoms. The van der Waals surface area contributed by atoms with Gasteiger partial charge in [0.05, 0.1) is 18.4 Å². The fourth-order valence-corrected chi connectivity index (χ4v) is 2.31. The van der Waals surface area contributed by atoms with Crippen molar-refractivity contribution in [3.05, 3.63) is 70.1 Å². The molecule has 1 aromatic carbocycles. The van der Waals surface area contributed by atoms with Crippen LogP contribution in [0.15, 0.2) is 53.5 Å². The molecular weight excluding hydrogens is 310 g/mol. The summed E-state index contributed by atoms with van der Waals surface area (Å²) in [6.45, 7) is 0. The number of aromatic nitrogens is 2. The van der Waals surface area contributed by atoms with Crippen LogP contribution >= 0.6 is 0 Å². The Kier molecular flexibility index (Phi) is 4.07. The van der Waals surface area contributed by atoms with E-state index in [-0.39, 0.29) is 16.9 Å². The standard InChI is InChI=1S/C17H13N3O4/c1-24-17(23)11-6-2-3-7-13(11)18-15-12(10-21)16(22)20-9-5-4-8-14(20)19-15/h2-10,18H,1H3. The van der Waals surface area contributed by atoms with Crippen molar-refractivity contribution >= 4 is 29.4 Å². The monoisotopic (exact) mass is 323 g/mol. The molecule has 0 amide bonds. The highest BCUT2D eigenvalue weighted by atomic mass is 16.5. The lowest BCUT2D eigenvalue weighted by molar-refractivity contribution is 0.0602. The maximum absolute atomic E-state index is 12.4. The zero-order valence-electron chi connectivity index (χ0n) is 12.7. The molecule has 0 saturated heterocycles. The molecule has 3 rings (SSSR count). The van der Waals surface area contributed by atoms with E-state index in [0.717, 1.165) is 0 Å². The normalized spacial score (nSPS) is 10.4. The number of nitrogens with zero attached hydrogens (tertiary/aromatic N) is 2. The summed E-state index contributed by atoms with van der Waals surface area (Å²) in [5, 5.41) is 2.88. The van der Waals surface area contributed by atoms with E-state index in [9.17, 15) is 14.4 Å². The first-order valence-electron chi connectivity index (χ1n) is 7.06. The van der Waals surface area contributed by atoms with Crippen LogP contribution in [0.3, 0.4) is 0 Å². The number of nitrogens with one attached hydrogen (secondary N) is 1. The van der Waals surface area contributed by atoms with Crippen molar-refractivity contribution in [2.24, 2.45) is 0 Å². The second-order valence-corrected chi connectivity index (χ2v) is 4.89. The Labute approximate surface area is 136 Å². The van der Waals surface area contributed by atoms with Gasteiger partial charge in [-0.05, 0) is 24.3 Å². The Hall–Kier alpha value is -3.48. The van der Waals surface area contributed by atoms with Crippen molar-refractivity contribution in [1.29, 1.82) is 0 Å². The van der Waals surface area contributed by atoms with Crippen LogP contribution in [-0.2, 0) is 4.74 Å². The Morgan fingerprint density at radius 1 is 1.21 bits per heavy atom. The van der Waals surface area contributed by atoms with Crippen LogP contribution in [0.4, 0.5) is 11.5 Å². The molecule has 2 heterocycles. The molecule has 0 aliphatic rings. The Morgan fingerprint density at radius 2 is 1.96 bits per heavy atom. The van der Waals surface area contributed by atoms with Gasteiger partial charge in [-0.25, -0.2) is 9.78 Å². The van der Waals surface area contributed by atoms with E-state index in [1.807, 2.05) is 0 Å². The van der Waals surface area contributed by atoms with Gasteiger partial charge < -0.3 is 10.1 Å². The van der Waals surface area contributed by atoms with Crippen LogP contribution < -0.4 is 10.9 Å². The Morgan fingerprint density at radius 3 is 2.71 bits per heavy atom. The molecule has 0 atom stereocenters. The van der Waals surface area contributed by atoms with Gasteiger partial charge in [0.25, 0.3) is 5.56 Å². The fourth-order valence-electron chi connectivity index (χ4n) is 2.31. The molecule has 0 unspecified atom stereocenters. The van der Waals surface area contributed by atoms with Gasteiger partial charge in [-0.1, -0.05) is 18.2 Å². The number of rotatable bonds is 4. The number of hydrogen-bond donors (Lipinski definition) is 1. The van der Waals surface area contributed by atoms with E-state index in [0.29, 0.717) is 17.6 Å². The largest absolute Gasteiger partial charge is 0.465 e. The van der Waals surface area contributed by atoms with E-state index < -0.39 is 11.5 Å². The summed E-state index contributed by atoms with van der Waals surface area (Å²) in [6.07, 6.45) is 1.97. The van der Waals surface area contributed by atoms with Crippen molar-refractivity contribution in [2.75, 3.05) is 12.4 Å². The SMILES string of the molecule is COC(=O)c1ccccc1Nc1nc2ccccn2c(=O)c1C=O. The summed E-state index contributed by atoms with van der Waals surface area (Å²) in [6, 6.07) is 11.6. The Bertz CT molecular complexity index is 995. The minimum Gasteiger partial charge on any atom is -0.465 e. The number of ether oxygens (including phenoxy) is 1. The van der Waals surface area contributed by atoms with Gasteiger partial charge in [-0.15, -0.1) is 0 Å². The number of para-hydroxylation sites is 1. The van der Waals surface area contributed by atoms with Crippen LogP contribution in [0.2, 0.25) is 0 Å². The third-order valence-corrected chi connectivity index (χ3v) is 3.47. The van der Waals surface area contributed by atoms with Gasteiger partial charge >= 0.3 is 5.97 Å². The molecule has 0 saturated carbocycles. The number of methoxy groups -OCH3 is 1. The van der Waals surface area contributed by atoms with Crippen molar-refractivity contribution in [1.82, 2.24) is 9.38 Å². The van der Waals surface area contributed by atoms with Crippen molar-refractivity contribution in [2.45, 2.75) is 0 Å². The van der Waals surface area contributed by atoms with E-state index in [1.165, 1.54) is 17.7 Å².